The number of rotatable bonds is 12. The molecule has 0 radical (unpaired) electrons. The van der Waals surface area contributed by atoms with E-state index in [-0.39, 0.29) is 6.42 Å². The number of carbonyl (C=O) groups is 3. The highest BCUT2D eigenvalue weighted by molar-refractivity contribution is 6.07. The van der Waals surface area contributed by atoms with E-state index in [1.165, 1.54) is 0 Å². The molecule has 0 saturated heterocycles. The first-order valence-corrected chi connectivity index (χ1v) is 12.0. The molecule has 4 atom stereocenters. The zero-order chi connectivity index (χ0) is 25.4. The molecule has 34 heavy (non-hydrogen) atoms. The number of Topliss-reactive ketones (excluding diaryl/α,β-unsaturated/α-hetero) is 1. The van der Waals surface area contributed by atoms with Gasteiger partial charge in [0, 0.05) is 5.92 Å². The molecule has 7 N–H and O–H groups in total. The number of hydroxylamine groups is 1. The number of nitrogens with two attached hydrogens (primary N) is 2. The highest BCUT2D eigenvalue weighted by Crippen LogP contribution is 2.49. The molecular formula is C26H40N4O4. The molecule has 1 aromatic carbocycles. The summed E-state index contributed by atoms with van der Waals surface area (Å²) < 4.78 is 0. The lowest BCUT2D eigenvalue weighted by molar-refractivity contribution is -0.149. The predicted molar refractivity (Wildman–Crippen MR) is 132 cm³/mol. The molecular weight excluding hydrogens is 432 g/mol. The molecule has 0 aromatic heterocycles. The standard InChI is InChI=1S/C26H40N4O4/c1-18(27)22(31)26(3,24(33)29-28)17-25(2,16-20-12-7-8-13-20)21(23(32)30-34)15-9-14-19-10-5-4-6-11-19/h4-6,9-11,14,18,20-21,34H,7-8,12-13,15-17,27-28H2,1-3H3,(H,29,33)(H,30,32)/b14-9+/t18-,21-,25-,26?/m1/s1. The fourth-order valence-corrected chi connectivity index (χ4v) is 5.65. The van der Waals surface area contributed by atoms with Gasteiger partial charge in [0.1, 0.15) is 5.41 Å². The molecule has 1 fully saturated rings. The lowest BCUT2D eigenvalue weighted by atomic mass is 9.60. The second kappa shape index (κ2) is 12.2. The van der Waals surface area contributed by atoms with Crippen molar-refractivity contribution in [2.24, 2.45) is 34.2 Å². The average molecular weight is 473 g/mol. The van der Waals surface area contributed by atoms with Crippen molar-refractivity contribution in [2.45, 2.75) is 71.8 Å². The zero-order valence-electron chi connectivity index (χ0n) is 20.5. The first-order valence-electron chi connectivity index (χ1n) is 12.0. The Labute approximate surface area is 202 Å². The smallest absolute Gasteiger partial charge is 0.247 e. The van der Waals surface area contributed by atoms with Gasteiger partial charge < -0.3 is 5.73 Å². The minimum atomic E-state index is -1.52. The van der Waals surface area contributed by atoms with E-state index in [0.717, 1.165) is 31.2 Å². The summed E-state index contributed by atoms with van der Waals surface area (Å²) in [5, 5.41) is 9.59. The van der Waals surface area contributed by atoms with Crippen LogP contribution in [0.5, 0.6) is 0 Å². The Kier molecular flexibility index (Phi) is 9.97. The molecule has 1 aliphatic rings. The number of ketones is 1. The summed E-state index contributed by atoms with van der Waals surface area (Å²) in [4.78, 5) is 39.0. The molecule has 1 saturated carbocycles. The lowest BCUT2D eigenvalue weighted by Gasteiger charge is -2.43. The minimum absolute atomic E-state index is 0.0805. The van der Waals surface area contributed by atoms with Crippen molar-refractivity contribution in [3.05, 3.63) is 42.0 Å². The van der Waals surface area contributed by atoms with Crippen LogP contribution in [-0.4, -0.2) is 28.8 Å². The summed E-state index contributed by atoms with van der Waals surface area (Å²) in [5.74, 6) is 3.55. The highest BCUT2D eigenvalue weighted by atomic mass is 16.5. The van der Waals surface area contributed by atoms with Gasteiger partial charge in [-0.1, -0.05) is 75.1 Å². The molecule has 1 aromatic rings. The Balaban J connectivity index is 2.47. The normalized spacial score (nSPS) is 19.7. The summed E-state index contributed by atoms with van der Waals surface area (Å²) in [7, 11) is 0. The van der Waals surface area contributed by atoms with Crippen LogP contribution in [0, 0.1) is 22.7 Å². The number of benzene rings is 1. The second-order valence-corrected chi connectivity index (χ2v) is 10.2. The van der Waals surface area contributed by atoms with Crippen molar-refractivity contribution in [1.29, 1.82) is 0 Å². The first kappa shape index (κ1) is 27.7. The Morgan fingerprint density at radius 1 is 1.18 bits per heavy atom. The van der Waals surface area contributed by atoms with Gasteiger partial charge in [-0.15, -0.1) is 0 Å². The Bertz CT molecular complexity index is 867. The molecule has 0 aliphatic heterocycles. The van der Waals surface area contributed by atoms with Crippen molar-refractivity contribution in [3.63, 3.8) is 0 Å². The minimum Gasteiger partial charge on any atom is -0.322 e. The van der Waals surface area contributed by atoms with Crippen molar-refractivity contribution < 1.29 is 19.6 Å². The van der Waals surface area contributed by atoms with Crippen LogP contribution in [0.15, 0.2) is 36.4 Å². The number of amides is 2. The van der Waals surface area contributed by atoms with E-state index in [1.807, 2.05) is 54.9 Å². The van der Waals surface area contributed by atoms with Gasteiger partial charge in [0.15, 0.2) is 5.78 Å². The monoisotopic (exact) mass is 472 g/mol. The summed E-state index contributed by atoms with van der Waals surface area (Å²) in [6, 6.07) is 8.83. The fraction of sp³-hybridized carbons (Fsp3) is 0.577. The van der Waals surface area contributed by atoms with Crippen molar-refractivity contribution in [2.75, 3.05) is 0 Å². The topological polar surface area (TPSA) is 148 Å². The van der Waals surface area contributed by atoms with Gasteiger partial charge in [0.25, 0.3) is 0 Å². The molecule has 1 aliphatic carbocycles. The van der Waals surface area contributed by atoms with Crippen LogP contribution >= 0.6 is 0 Å². The summed E-state index contributed by atoms with van der Waals surface area (Å²) in [5.41, 5.74) is 8.53. The Morgan fingerprint density at radius 2 is 1.79 bits per heavy atom. The van der Waals surface area contributed by atoms with E-state index in [1.54, 1.807) is 13.8 Å². The molecule has 8 nitrogen and oxygen atoms in total. The summed E-state index contributed by atoms with van der Waals surface area (Å²) >= 11 is 0. The number of hydrogen-bond donors (Lipinski definition) is 5. The van der Waals surface area contributed by atoms with Gasteiger partial charge in [0.2, 0.25) is 11.8 Å². The maximum atomic E-state index is 13.1. The third kappa shape index (κ3) is 6.74. The number of hydrazine groups is 1. The van der Waals surface area contributed by atoms with Crippen LogP contribution in [0.25, 0.3) is 6.08 Å². The predicted octanol–water partition coefficient (Wildman–Crippen LogP) is 3.10. The van der Waals surface area contributed by atoms with Crippen molar-refractivity contribution >= 4 is 23.7 Å². The molecule has 1 unspecified atom stereocenters. The SMILES string of the molecule is C[C@@H](N)C(=O)C(C)(C[C@@](C)(CC1CCCC1)[C@H](C/C=C/c1ccccc1)C(=O)NO)C(=O)NN. The van der Waals surface area contributed by atoms with Gasteiger partial charge >= 0.3 is 0 Å². The second-order valence-electron chi connectivity index (χ2n) is 10.2. The van der Waals surface area contributed by atoms with Crippen LogP contribution in [0.4, 0.5) is 0 Å². The lowest BCUT2D eigenvalue weighted by Crippen LogP contribution is -2.55. The van der Waals surface area contributed by atoms with Crippen LogP contribution in [0.1, 0.15) is 71.3 Å². The number of carbonyl (C=O) groups excluding carboxylic acids is 3. The van der Waals surface area contributed by atoms with E-state index in [2.05, 4.69) is 5.43 Å². The number of allylic oxidation sites excluding steroid dienone is 1. The Morgan fingerprint density at radius 3 is 2.32 bits per heavy atom. The molecule has 0 spiro atoms. The van der Waals surface area contributed by atoms with E-state index >= 15 is 0 Å². The van der Waals surface area contributed by atoms with Gasteiger partial charge in [-0.05, 0) is 50.0 Å². The van der Waals surface area contributed by atoms with Crippen LogP contribution in [-0.2, 0) is 14.4 Å². The van der Waals surface area contributed by atoms with Gasteiger partial charge in [-0.25, -0.2) is 11.3 Å². The highest BCUT2D eigenvalue weighted by Gasteiger charge is 2.51. The maximum absolute atomic E-state index is 13.1. The van der Waals surface area contributed by atoms with Crippen LogP contribution in [0.2, 0.25) is 0 Å². The third-order valence-electron chi connectivity index (χ3n) is 7.33. The summed E-state index contributed by atoms with van der Waals surface area (Å²) in [6.07, 6.45) is 9.17. The van der Waals surface area contributed by atoms with E-state index in [9.17, 15) is 19.6 Å². The van der Waals surface area contributed by atoms with E-state index in [4.69, 9.17) is 11.6 Å². The molecule has 188 valence electrons. The third-order valence-corrected chi connectivity index (χ3v) is 7.33. The largest absolute Gasteiger partial charge is 0.322 e. The maximum Gasteiger partial charge on any atom is 0.247 e. The van der Waals surface area contributed by atoms with Crippen LogP contribution < -0.4 is 22.5 Å². The zero-order valence-corrected chi connectivity index (χ0v) is 20.5. The van der Waals surface area contributed by atoms with Crippen molar-refractivity contribution in [1.82, 2.24) is 10.9 Å². The van der Waals surface area contributed by atoms with Gasteiger partial charge in [0.05, 0.1) is 6.04 Å². The molecule has 8 heteroatoms. The molecule has 2 amide bonds. The Hall–Kier alpha value is -2.55. The van der Waals surface area contributed by atoms with E-state index in [0.29, 0.717) is 18.8 Å². The quantitative estimate of drug-likeness (QED) is 0.104. The van der Waals surface area contributed by atoms with Gasteiger partial charge in [-0.3, -0.25) is 25.0 Å². The average Bonchev–Trinajstić information content (AvgIpc) is 3.33. The molecule has 2 rings (SSSR count). The summed E-state index contributed by atoms with van der Waals surface area (Å²) in [6.45, 7) is 5.01. The molecule has 0 heterocycles. The van der Waals surface area contributed by atoms with Crippen molar-refractivity contribution in [3.8, 4) is 0 Å². The fourth-order valence-electron chi connectivity index (χ4n) is 5.65. The number of hydrogen-bond acceptors (Lipinski definition) is 6. The van der Waals surface area contributed by atoms with E-state index < -0.39 is 40.4 Å². The first-order chi connectivity index (χ1) is 16.1. The molecule has 0 bridgehead atoms. The van der Waals surface area contributed by atoms with Crippen LogP contribution in [0.3, 0.4) is 0 Å². The van der Waals surface area contributed by atoms with Gasteiger partial charge in [-0.2, -0.15) is 0 Å². The number of nitrogens with one attached hydrogen (secondary N) is 2.